The highest BCUT2D eigenvalue weighted by Gasteiger charge is 2.20. The van der Waals surface area contributed by atoms with E-state index < -0.39 is 4.92 Å². The zero-order valence-electron chi connectivity index (χ0n) is 18.4. The van der Waals surface area contributed by atoms with Crippen molar-refractivity contribution in [2.24, 2.45) is 0 Å². The van der Waals surface area contributed by atoms with Crippen LogP contribution in [0, 0.1) is 10.1 Å². The van der Waals surface area contributed by atoms with E-state index in [1.165, 1.54) is 12.1 Å². The minimum absolute atomic E-state index is 0.0463. The molecule has 0 aliphatic carbocycles. The van der Waals surface area contributed by atoms with E-state index >= 15 is 0 Å². The van der Waals surface area contributed by atoms with Gasteiger partial charge in [-0.15, -0.1) is 0 Å². The van der Waals surface area contributed by atoms with Gasteiger partial charge < -0.3 is 10.2 Å². The molecule has 1 aliphatic heterocycles. The van der Waals surface area contributed by atoms with Crippen molar-refractivity contribution >= 4 is 40.8 Å². The monoisotopic (exact) mass is 477 g/mol. The Bertz CT molecular complexity index is 1180. The normalized spacial score (nSPS) is 14.3. The minimum Gasteiger partial charge on any atom is -0.354 e. The Morgan fingerprint density at radius 2 is 1.85 bits per heavy atom. The molecule has 0 bridgehead atoms. The molecule has 1 saturated heterocycles. The number of nitro benzene ring substituents is 1. The summed E-state index contributed by atoms with van der Waals surface area (Å²) in [7, 11) is 0. The molecule has 0 unspecified atom stereocenters. The fourth-order valence-corrected chi connectivity index (χ4v) is 3.92. The molecule has 1 fully saturated rings. The molecule has 2 aromatic carbocycles. The quantitative estimate of drug-likeness (QED) is 0.303. The molecule has 3 aromatic rings. The van der Waals surface area contributed by atoms with Crippen molar-refractivity contribution in [3.63, 3.8) is 0 Å². The van der Waals surface area contributed by atoms with Crippen LogP contribution in [-0.2, 0) is 11.3 Å². The number of amides is 1. The van der Waals surface area contributed by atoms with Crippen LogP contribution >= 0.6 is 11.6 Å². The number of halogens is 1. The lowest BCUT2D eigenvalue weighted by Crippen LogP contribution is -2.46. The summed E-state index contributed by atoms with van der Waals surface area (Å²) in [6, 6.07) is 17.9. The third kappa shape index (κ3) is 6.18. The number of aromatic nitrogens is 1. The van der Waals surface area contributed by atoms with Crippen molar-refractivity contribution in [3.05, 3.63) is 99.2 Å². The van der Waals surface area contributed by atoms with Crippen LogP contribution in [0.1, 0.15) is 11.1 Å². The van der Waals surface area contributed by atoms with Crippen LogP contribution in [0.5, 0.6) is 0 Å². The Balaban J connectivity index is 1.28. The van der Waals surface area contributed by atoms with Crippen molar-refractivity contribution in [3.8, 4) is 0 Å². The van der Waals surface area contributed by atoms with E-state index in [2.05, 4.69) is 20.1 Å². The summed E-state index contributed by atoms with van der Waals surface area (Å²) in [4.78, 5) is 31.7. The molecule has 1 aromatic heterocycles. The fraction of sp³-hybridized carbons (Fsp3) is 0.200. The SMILES string of the molecule is O=C(/C=C/c1ccccc1)Nc1ccc(N2CCN(Cc3cc([N+](=O)[O-])ccc3Cl)CC2)nc1. The number of nitro groups is 1. The van der Waals surface area contributed by atoms with Gasteiger partial charge in [0.2, 0.25) is 5.91 Å². The predicted molar refractivity (Wildman–Crippen MR) is 134 cm³/mol. The third-order valence-electron chi connectivity index (χ3n) is 5.57. The van der Waals surface area contributed by atoms with Crippen molar-refractivity contribution in [2.45, 2.75) is 6.54 Å². The molecule has 1 aliphatic rings. The molecule has 2 heterocycles. The first-order valence-electron chi connectivity index (χ1n) is 10.9. The van der Waals surface area contributed by atoms with Gasteiger partial charge in [-0.25, -0.2) is 4.98 Å². The summed E-state index contributed by atoms with van der Waals surface area (Å²) in [5.41, 5.74) is 2.39. The predicted octanol–water partition coefficient (Wildman–Crippen LogP) is 4.62. The number of pyridine rings is 1. The van der Waals surface area contributed by atoms with Gasteiger partial charge in [0, 0.05) is 56.0 Å². The van der Waals surface area contributed by atoms with Gasteiger partial charge >= 0.3 is 0 Å². The molecule has 0 atom stereocenters. The summed E-state index contributed by atoms with van der Waals surface area (Å²) in [5.74, 6) is 0.623. The molecule has 0 spiro atoms. The highest BCUT2D eigenvalue weighted by molar-refractivity contribution is 6.31. The molecule has 174 valence electrons. The number of hydrogen-bond acceptors (Lipinski definition) is 6. The fourth-order valence-electron chi connectivity index (χ4n) is 3.74. The lowest BCUT2D eigenvalue weighted by Gasteiger charge is -2.35. The van der Waals surface area contributed by atoms with E-state index in [4.69, 9.17) is 11.6 Å². The van der Waals surface area contributed by atoms with Crippen LogP contribution in [0.3, 0.4) is 0 Å². The molecule has 9 heteroatoms. The Kier molecular flexibility index (Phi) is 7.51. The topological polar surface area (TPSA) is 91.6 Å². The number of hydrogen-bond donors (Lipinski definition) is 1. The van der Waals surface area contributed by atoms with E-state index in [0.717, 1.165) is 43.1 Å². The zero-order valence-corrected chi connectivity index (χ0v) is 19.2. The minimum atomic E-state index is -0.408. The van der Waals surface area contributed by atoms with Crippen molar-refractivity contribution in [1.82, 2.24) is 9.88 Å². The summed E-state index contributed by atoms with van der Waals surface area (Å²) >= 11 is 6.24. The first-order chi connectivity index (χ1) is 16.5. The molecule has 0 saturated carbocycles. The summed E-state index contributed by atoms with van der Waals surface area (Å²) < 4.78 is 0. The van der Waals surface area contributed by atoms with Crippen LogP contribution in [0.15, 0.2) is 72.9 Å². The second kappa shape index (κ2) is 10.9. The second-order valence-electron chi connectivity index (χ2n) is 7.93. The molecule has 8 nitrogen and oxygen atoms in total. The van der Waals surface area contributed by atoms with Crippen LogP contribution < -0.4 is 10.2 Å². The molecule has 1 amide bonds. The van der Waals surface area contributed by atoms with Crippen LogP contribution in [0.2, 0.25) is 5.02 Å². The van der Waals surface area contributed by atoms with Gasteiger partial charge in [0.15, 0.2) is 0 Å². The number of non-ortho nitro benzene ring substituents is 1. The Morgan fingerprint density at radius 3 is 2.53 bits per heavy atom. The molecule has 1 N–H and O–H groups in total. The highest BCUT2D eigenvalue weighted by atomic mass is 35.5. The number of carbonyl (C=O) groups excluding carboxylic acids is 1. The molecule has 4 rings (SSSR count). The number of anilines is 2. The average Bonchev–Trinajstić information content (AvgIpc) is 2.85. The number of benzene rings is 2. The van der Waals surface area contributed by atoms with E-state index in [-0.39, 0.29) is 11.6 Å². The smallest absolute Gasteiger partial charge is 0.269 e. The number of nitrogens with one attached hydrogen (secondary N) is 1. The van der Waals surface area contributed by atoms with Crippen LogP contribution in [-0.4, -0.2) is 46.9 Å². The largest absolute Gasteiger partial charge is 0.354 e. The van der Waals surface area contributed by atoms with Crippen molar-refractivity contribution in [2.75, 3.05) is 36.4 Å². The number of rotatable bonds is 7. The van der Waals surface area contributed by atoms with Crippen molar-refractivity contribution in [1.29, 1.82) is 0 Å². The Hall–Kier alpha value is -3.75. The molecule has 0 radical (unpaired) electrons. The van der Waals surface area contributed by atoms with Crippen LogP contribution in [0.4, 0.5) is 17.2 Å². The van der Waals surface area contributed by atoms with E-state index in [0.29, 0.717) is 17.3 Å². The summed E-state index contributed by atoms with van der Waals surface area (Å²) in [5, 5.41) is 14.4. The third-order valence-corrected chi connectivity index (χ3v) is 5.94. The van der Waals surface area contributed by atoms with Gasteiger partial charge in [-0.2, -0.15) is 0 Å². The van der Waals surface area contributed by atoms with Gasteiger partial charge in [0.05, 0.1) is 16.8 Å². The number of nitrogens with zero attached hydrogens (tertiary/aromatic N) is 4. The summed E-state index contributed by atoms with van der Waals surface area (Å²) in [6.45, 7) is 3.66. The first-order valence-corrected chi connectivity index (χ1v) is 11.3. The maximum Gasteiger partial charge on any atom is 0.269 e. The Morgan fingerprint density at radius 1 is 1.09 bits per heavy atom. The van der Waals surface area contributed by atoms with E-state index in [9.17, 15) is 14.9 Å². The van der Waals surface area contributed by atoms with E-state index in [1.54, 1.807) is 24.4 Å². The number of carbonyl (C=O) groups is 1. The molecular weight excluding hydrogens is 454 g/mol. The number of piperazine rings is 1. The van der Waals surface area contributed by atoms with Crippen LogP contribution in [0.25, 0.3) is 6.08 Å². The molecule has 34 heavy (non-hydrogen) atoms. The zero-order chi connectivity index (χ0) is 23.9. The van der Waals surface area contributed by atoms with Gasteiger partial charge in [-0.3, -0.25) is 19.8 Å². The highest BCUT2D eigenvalue weighted by Crippen LogP contribution is 2.24. The maximum atomic E-state index is 12.2. The van der Waals surface area contributed by atoms with Gasteiger partial charge in [0.1, 0.15) is 5.82 Å². The van der Waals surface area contributed by atoms with Gasteiger partial charge in [-0.05, 0) is 35.4 Å². The lowest BCUT2D eigenvalue weighted by molar-refractivity contribution is -0.384. The Labute approximate surface area is 202 Å². The van der Waals surface area contributed by atoms with Gasteiger partial charge in [0.25, 0.3) is 5.69 Å². The van der Waals surface area contributed by atoms with Gasteiger partial charge in [-0.1, -0.05) is 41.9 Å². The second-order valence-corrected chi connectivity index (χ2v) is 8.34. The maximum absolute atomic E-state index is 12.2. The first kappa shape index (κ1) is 23.4. The average molecular weight is 478 g/mol. The molecular formula is C25H24ClN5O3. The van der Waals surface area contributed by atoms with E-state index in [1.807, 2.05) is 42.5 Å². The van der Waals surface area contributed by atoms with Crippen molar-refractivity contribution < 1.29 is 9.72 Å². The lowest BCUT2D eigenvalue weighted by atomic mass is 10.1. The summed E-state index contributed by atoms with van der Waals surface area (Å²) in [6.07, 6.45) is 4.91. The standard InChI is InChI=1S/C25H24ClN5O3/c26-23-9-8-22(31(33)34)16-20(23)18-29-12-14-30(15-13-29)24-10-7-21(17-27-24)28-25(32)11-6-19-4-2-1-3-5-19/h1-11,16-17H,12-15,18H2,(H,28,32)/b11-6+.